The number of carbonyl (C=O) groups is 1. The van der Waals surface area contributed by atoms with E-state index in [0.29, 0.717) is 46.7 Å². The first-order valence-corrected chi connectivity index (χ1v) is 13.2. The lowest BCUT2D eigenvalue weighted by Gasteiger charge is -2.38. The fourth-order valence-corrected chi connectivity index (χ4v) is 6.23. The second-order valence-corrected chi connectivity index (χ2v) is 10.8. The van der Waals surface area contributed by atoms with Crippen LogP contribution in [-0.2, 0) is 11.3 Å². The van der Waals surface area contributed by atoms with E-state index in [0.717, 1.165) is 55.2 Å². The molecule has 0 radical (unpaired) electrons. The second-order valence-electron chi connectivity index (χ2n) is 10.0. The molecule has 2 aliphatic heterocycles. The maximum absolute atomic E-state index is 13.6. The van der Waals surface area contributed by atoms with Crippen LogP contribution in [-0.4, -0.2) is 34.3 Å². The van der Waals surface area contributed by atoms with E-state index in [2.05, 4.69) is 10.5 Å². The number of aromatic nitrogens is 1. The number of nitrogens with zero attached hydrogens (tertiary/aromatic N) is 2. The van der Waals surface area contributed by atoms with E-state index in [-0.39, 0.29) is 29.9 Å². The predicted molar refractivity (Wildman–Crippen MR) is 136 cm³/mol. The molecule has 0 spiro atoms. The van der Waals surface area contributed by atoms with E-state index in [9.17, 15) is 13.6 Å². The zero-order valence-electron chi connectivity index (χ0n) is 19.9. The van der Waals surface area contributed by atoms with Crippen LogP contribution in [0.15, 0.2) is 40.9 Å². The number of fused-ring (bicyclic) bond motifs is 2. The number of amides is 2. The molecular weight excluding hydrogens is 523 g/mol. The number of benzene rings is 2. The summed E-state index contributed by atoms with van der Waals surface area (Å²) in [6.45, 7) is 0.311. The Bertz CT molecular complexity index is 1290. The maximum atomic E-state index is 13.6. The summed E-state index contributed by atoms with van der Waals surface area (Å²) in [7, 11) is 0. The van der Waals surface area contributed by atoms with Gasteiger partial charge in [-0.1, -0.05) is 34.4 Å². The Morgan fingerprint density at radius 2 is 1.70 bits per heavy atom. The number of halogens is 4. The van der Waals surface area contributed by atoms with Crippen LogP contribution in [0, 0.1) is 11.6 Å². The van der Waals surface area contributed by atoms with Crippen LogP contribution in [0.2, 0.25) is 10.0 Å². The Kier molecular flexibility index (Phi) is 6.59. The number of urea groups is 1. The summed E-state index contributed by atoms with van der Waals surface area (Å²) in [4.78, 5) is 14.8. The summed E-state index contributed by atoms with van der Waals surface area (Å²) in [6.07, 6.45) is 5.11. The largest absolute Gasteiger partial charge is 0.373 e. The van der Waals surface area contributed by atoms with Crippen LogP contribution < -0.4 is 5.32 Å². The Balaban J connectivity index is 1.15. The molecule has 2 unspecified atom stereocenters. The molecule has 3 atom stereocenters. The normalized spacial score (nSPS) is 22.9. The molecule has 2 amide bonds. The fourth-order valence-electron chi connectivity index (χ4n) is 5.66. The van der Waals surface area contributed by atoms with E-state index in [1.165, 1.54) is 0 Å². The van der Waals surface area contributed by atoms with Crippen molar-refractivity contribution in [3.05, 3.63) is 69.4 Å². The lowest BCUT2D eigenvalue weighted by atomic mass is 9.99. The number of piperidine rings is 1. The van der Waals surface area contributed by atoms with Gasteiger partial charge in [0.15, 0.2) is 0 Å². The van der Waals surface area contributed by atoms with Crippen molar-refractivity contribution in [3.8, 4) is 11.3 Å². The molecule has 3 heterocycles. The van der Waals surface area contributed by atoms with Gasteiger partial charge in [-0.3, -0.25) is 0 Å². The SMILES string of the molecule is O=C(Nc1cc(F)cc(F)c1)N1C2CC[C@H]1CC(OCc1c(-c3c(Cl)cccc3Cl)noc1C1CC1)C2. The van der Waals surface area contributed by atoms with Gasteiger partial charge in [0, 0.05) is 40.9 Å². The first-order valence-electron chi connectivity index (χ1n) is 12.5. The number of hydrogen-bond acceptors (Lipinski definition) is 4. The third kappa shape index (κ3) is 4.94. The molecule has 10 heteroatoms. The van der Waals surface area contributed by atoms with Gasteiger partial charge in [-0.05, 0) is 62.8 Å². The van der Waals surface area contributed by atoms with E-state index in [1.807, 2.05) is 0 Å². The van der Waals surface area contributed by atoms with Crippen LogP contribution in [0.4, 0.5) is 19.3 Å². The van der Waals surface area contributed by atoms with Gasteiger partial charge in [0.2, 0.25) is 0 Å². The number of nitrogens with one attached hydrogen (secondary N) is 1. The number of ether oxygens (including phenoxy) is 1. The molecule has 1 saturated carbocycles. The van der Waals surface area contributed by atoms with Crippen molar-refractivity contribution in [2.75, 3.05) is 5.32 Å². The van der Waals surface area contributed by atoms with Gasteiger partial charge in [0.25, 0.3) is 0 Å². The molecule has 2 saturated heterocycles. The lowest BCUT2D eigenvalue weighted by Crippen LogP contribution is -2.50. The molecule has 1 aliphatic carbocycles. The molecule has 37 heavy (non-hydrogen) atoms. The fraction of sp³-hybridized carbons (Fsp3) is 0.407. The summed E-state index contributed by atoms with van der Waals surface area (Å²) in [6, 6.07) is 7.96. The summed E-state index contributed by atoms with van der Waals surface area (Å²) >= 11 is 12.9. The topological polar surface area (TPSA) is 67.6 Å². The second kappa shape index (κ2) is 9.89. The van der Waals surface area contributed by atoms with Gasteiger partial charge in [-0.15, -0.1) is 0 Å². The Hall–Kier alpha value is -2.68. The number of hydrogen-bond donors (Lipinski definition) is 1. The van der Waals surface area contributed by atoms with Crippen molar-refractivity contribution in [1.82, 2.24) is 10.1 Å². The standard InChI is InChI=1S/C27H25Cl2F2N3O3/c28-22-2-1-3-23(29)24(22)25-21(26(37-33-25)14-4-5-14)13-36-20-11-18-6-7-19(12-20)34(18)27(35)32-17-9-15(30)8-16(31)10-17/h1-3,8-10,14,18-20H,4-7,11-13H2,(H,32,35)/t18-,19?,20?/m0/s1. The number of rotatable bonds is 6. The van der Waals surface area contributed by atoms with Gasteiger partial charge in [0.05, 0.1) is 22.8 Å². The van der Waals surface area contributed by atoms with E-state index >= 15 is 0 Å². The first-order chi connectivity index (χ1) is 17.9. The molecule has 1 N–H and O–H groups in total. The quantitative estimate of drug-likeness (QED) is 0.346. The first kappa shape index (κ1) is 24.6. The summed E-state index contributed by atoms with van der Waals surface area (Å²) in [5.41, 5.74) is 2.23. The monoisotopic (exact) mass is 547 g/mol. The average molecular weight is 548 g/mol. The molecule has 2 aromatic carbocycles. The van der Waals surface area contributed by atoms with Gasteiger partial charge in [-0.25, -0.2) is 13.6 Å². The molecular formula is C27H25Cl2F2N3O3. The highest BCUT2D eigenvalue weighted by Gasteiger charge is 2.44. The Morgan fingerprint density at radius 3 is 2.32 bits per heavy atom. The summed E-state index contributed by atoms with van der Waals surface area (Å²) in [5, 5.41) is 7.97. The summed E-state index contributed by atoms with van der Waals surface area (Å²) in [5.74, 6) is -0.312. The van der Waals surface area contributed by atoms with Crippen molar-refractivity contribution >= 4 is 34.9 Å². The minimum Gasteiger partial charge on any atom is -0.373 e. The Morgan fingerprint density at radius 1 is 1.05 bits per heavy atom. The van der Waals surface area contributed by atoms with E-state index in [4.69, 9.17) is 32.5 Å². The summed E-state index contributed by atoms with van der Waals surface area (Å²) < 4.78 is 39.3. The van der Waals surface area contributed by atoms with Crippen molar-refractivity contribution in [2.24, 2.45) is 0 Å². The van der Waals surface area contributed by atoms with Gasteiger partial charge >= 0.3 is 6.03 Å². The Labute approximate surface area is 222 Å². The average Bonchev–Trinajstić information content (AvgIpc) is 3.54. The molecule has 194 valence electrons. The highest BCUT2D eigenvalue weighted by Crippen LogP contribution is 2.46. The zero-order chi connectivity index (χ0) is 25.7. The molecule has 3 aliphatic rings. The molecule has 3 fully saturated rings. The molecule has 2 bridgehead atoms. The molecule has 3 aromatic rings. The van der Waals surface area contributed by atoms with Crippen LogP contribution in [0.25, 0.3) is 11.3 Å². The number of anilines is 1. The smallest absolute Gasteiger partial charge is 0.322 e. The van der Waals surface area contributed by atoms with Crippen LogP contribution >= 0.6 is 23.2 Å². The van der Waals surface area contributed by atoms with Crippen LogP contribution in [0.1, 0.15) is 55.8 Å². The molecule has 6 nitrogen and oxygen atoms in total. The third-order valence-electron chi connectivity index (χ3n) is 7.47. The predicted octanol–water partition coefficient (Wildman–Crippen LogP) is 7.55. The van der Waals surface area contributed by atoms with Crippen LogP contribution in [0.5, 0.6) is 0 Å². The molecule has 6 rings (SSSR count). The number of carbonyl (C=O) groups excluding carboxylic acids is 1. The van der Waals surface area contributed by atoms with Crippen molar-refractivity contribution in [1.29, 1.82) is 0 Å². The van der Waals surface area contributed by atoms with E-state index < -0.39 is 11.6 Å². The molecule has 1 aromatic heterocycles. The van der Waals surface area contributed by atoms with Crippen molar-refractivity contribution in [2.45, 2.75) is 69.2 Å². The van der Waals surface area contributed by atoms with Crippen LogP contribution in [0.3, 0.4) is 0 Å². The zero-order valence-corrected chi connectivity index (χ0v) is 21.4. The lowest BCUT2D eigenvalue weighted by molar-refractivity contribution is -0.0158. The van der Waals surface area contributed by atoms with Crippen molar-refractivity contribution in [3.63, 3.8) is 0 Å². The minimum atomic E-state index is -0.734. The minimum absolute atomic E-state index is 0.00924. The van der Waals surface area contributed by atoms with Gasteiger partial charge in [0.1, 0.15) is 23.1 Å². The highest BCUT2D eigenvalue weighted by atomic mass is 35.5. The van der Waals surface area contributed by atoms with Gasteiger partial charge in [-0.2, -0.15) is 0 Å². The van der Waals surface area contributed by atoms with Gasteiger partial charge < -0.3 is 19.5 Å². The maximum Gasteiger partial charge on any atom is 0.322 e. The van der Waals surface area contributed by atoms with E-state index in [1.54, 1.807) is 23.1 Å². The highest BCUT2D eigenvalue weighted by molar-refractivity contribution is 6.39. The van der Waals surface area contributed by atoms with Crippen molar-refractivity contribution < 1.29 is 22.8 Å². The third-order valence-corrected chi connectivity index (χ3v) is 8.10.